The van der Waals surface area contributed by atoms with Gasteiger partial charge in [0.15, 0.2) is 5.82 Å². The summed E-state index contributed by atoms with van der Waals surface area (Å²) in [6, 6.07) is 1.74. The Kier molecular flexibility index (Phi) is 4.09. The minimum atomic E-state index is -4.15. The van der Waals surface area contributed by atoms with E-state index in [9.17, 15) is 17.2 Å². The van der Waals surface area contributed by atoms with Gasteiger partial charge in [-0.2, -0.15) is 5.10 Å². The molecule has 0 aliphatic carbocycles. The fraction of sp³-hybridized carbons (Fsp3) is 0.182. The van der Waals surface area contributed by atoms with Gasteiger partial charge < -0.3 is 0 Å². The summed E-state index contributed by atoms with van der Waals surface area (Å²) in [6.45, 7) is 2.40. The molecule has 1 N–H and O–H groups in total. The lowest BCUT2D eigenvalue weighted by Gasteiger charge is -2.08. The molecular formula is C11H10BrF2N3O2S. The van der Waals surface area contributed by atoms with Gasteiger partial charge in [-0.15, -0.1) is 0 Å². The van der Waals surface area contributed by atoms with E-state index in [1.165, 1.54) is 17.1 Å². The van der Waals surface area contributed by atoms with Gasteiger partial charge in [-0.3, -0.25) is 9.40 Å². The summed E-state index contributed by atoms with van der Waals surface area (Å²) in [5.41, 5.74) is 0.201. The van der Waals surface area contributed by atoms with Gasteiger partial charge in [0.05, 0.1) is 16.4 Å². The van der Waals surface area contributed by atoms with Crippen molar-refractivity contribution >= 4 is 31.6 Å². The first kappa shape index (κ1) is 14.9. The number of rotatable bonds is 4. The van der Waals surface area contributed by atoms with Crippen molar-refractivity contribution in [3.8, 4) is 0 Å². The van der Waals surface area contributed by atoms with Gasteiger partial charge in [-0.1, -0.05) is 0 Å². The minimum Gasteiger partial charge on any atom is -0.276 e. The molecule has 20 heavy (non-hydrogen) atoms. The van der Waals surface area contributed by atoms with Crippen LogP contribution in [0.25, 0.3) is 0 Å². The van der Waals surface area contributed by atoms with Crippen LogP contribution < -0.4 is 4.72 Å². The smallest absolute Gasteiger partial charge is 0.264 e. The fourth-order valence-corrected chi connectivity index (χ4v) is 3.10. The largest absolute Gasteiger partial charge is 0.276 e. The number of anilines is 1. The van der Waals surface area contributed by atoms with Crippen LogP contribution in [0, 0.1) is 11.6 Å². The van der Waals surface area contributed by atoms with Gasteiger partial charge in [0.1, 0.15) is 10.7 Å². The highest BCUT2D eigenvalue weighted by atomic mass is 79.9. The molecule has 108 valence electrons. The second kappa shape index (κ2) is 5.49. The number of nitrogens with one attached hydrogen (secondary N) is 1. The van der Waals surface area contributed by atoms with Crippen LogP contribution in [0.1, 0.15) is 6.92 Å². The summed E-state index contributed by atoms with van der Waals surface area (Å²) in [6.07, 6.45) is 2.77. The van der Waals surface area contributed by atoms with Crippen LogP contribution in [0.4, 0.5) is 14.5 Å². The van der Waals surface area contributed by atoms with Crippen molar-refractivity contribution in [2.75, 3.05) is 4.72 Å². The molecule has 9 heteroatoms. The van der Waals surface area contributed by atoms with Crippen molar-refractivity contribution in [1.29, 1.82) is 0 Å². The molecule has 2 aromatic rings. The topological polar surface area (TPSA) is 64.0 Å². The zero-order chi connectivity index (χ0) is 14.9. The van der Waals surface area contributed by atoms with Gasteiger partial charge in [0.25, 0.3) is 10.0 Å². The van der Waals surface area contributed by atoms with Crippen molar-refractivity contribution in [1.82, 2.24) is 9.78 Å². The quantitative estimate of drug-likeness (QED) is 0.847. The summed E-state index contributed by atoms with van der Waals surface area (Å²) in [4.78, 5) is -0.643. The first-order valence-electron chi connectivity index (χ1n) is 5.54. The molecule has 0 atom stereocenters. The number of hydrogen-bond donors (Lipinski definition) is 1. The first-order chi connectivity index (χ1) is 9.35. The van der Waals surface area contributed by atoms with E-state index in [2.05, 4.69) is 25.8 Å². The first-order valence-corrected chi connectivity index (χ1v) is 7.81. The maximum absolute atomic E-state index is 13.8. The van der Waals surface area contributed by atoms with Crippen LogP contribution in [0.15, 0.2) is 33.9 Å². The Hall–Kier alpha value is -1.48. The van der Waals surface area contributed by atoms with Gasteiger partial charge in [-0.25, -0.2) is 17.2 Å². The molecule has 0 saturated carbocycles. The van der Waals surface area contributed by atoms with Gasteiger partial charge in [0, 0.05) is 12.7 Å². The lowest BCUT2D eigenvalue weighted by molar-refractivity contribution is 0.542. The maximum Gasteiger partial charge on any atom is 0.264 e. The molecule has 1 aromatic heterocycles. The van der Waals surface area contributed by atoms with Crippen LogP contribution in [-0.4, -0.2) is 18.2 Å². The molecule has 0 aliphatic rings. The van der Waals surface area contributed by atoms with Gasteiger partial charge >= 0.3 is 0 Å². The summed E-state index contributed by atoms with van der Waals surface area (Å²) in [5.74, 6) is -2.05. The number of halogens is 3. The zero-order valence-corrected chi connectivity index (χ0v) is 12.7. The second-order valence-electron chi connectivity index (χ2n) is 3.86. The average molecular weight is 366 g/mol. The Bertz CT molecular complexity index is 746. The van der Waals surface area contributed by atoms with E-state index < -0.39 is 31.0 Å². The molecular weight excluding hydrogens is 356 g/mol. The van der Waals surface area contributed by atoms with E-state index in [0.29, 0.717) is 6.54 Å². The van der Waals surface area contributed by atoms with Crippen LogP contribution in [-0.2, 0) is 16.6 Å². The van der Waals surface area contributed by atoms with Crippen molar-refractivity contribution in [2.45, 2.75) is 18.4 Å². The van der Waals surface area contributed by atoms with Crippen molar-refractivity contribution < 1.29 is 17.2 Å². The average Bonchev–Trinajstić information content (AvgIpc) is 2.82. The Labute approximate surface area is 122 Å². The van der Waals surface area contributed by atoms with Crippen LogP contribution in [0.3, 0.4) is 0 Å². The maximum atomic E-state index is 13.8. The highest BCUT2D eigenvalue weighted by molar-refractivity contribution is 9.10. The van der Waals surface area contributed by atoms with Crippen LogP contribution in [0.5, 0.6) is 0 Å². The summed E-state index contributed by atoms with van der Waals surface area (Å²) >= 11 is 2.66. The molecule has 0 bridgehead atoms. The molecule has 0 fully saturated rings. The Morgan fingerprint density at radius 2 is 2.10 bits per heavy atom. The summed E-state index contributed by atoms with van der Waals surface area (Å²) in [5, 5.41) is 3.89. The van der Waals surface area contributed by atoms with Crippen molar-refractivity contribution in [2.24, 2.45) is 0 Å². The minimum absolute atomic E-state index is 0.201. The summed E-state index contributed by atoms with van der Waals surface area (Å²) in [7, 11) is -4.15. The second-order valence-corrected chi connectivity index (χ2v) is 6.31. The van der Waals surface area contributed by atoms with E-state index in [1.54, 1.807) is 0 Å². The zero-order valence-electron chi connectivity index (χ0n) is 10.3. The van der Waals surface area contributed by atoms with Crippen LogP contribution in [0.2, 0.25) is 0 Å². The highest BCUT2D eigenvalue weighted by Gasteiger charge is 2.23. The van der Waals surface area contributed by atoms with E-state index in [1.807, 2.05) is 6.92 Å². The molecule has 2 rings (SSSR count). The molecule has 0 spiro atoms. The predicted molar refractivity (Wildman–Crippen MR) is 72.8 cm³/mol. The van der Waals surface area contributed by atoms with E-state index >= 15 is 0 Å². The third-order valence-electron chi connectivity index (χ3n) is 2.50. The molecule has 1 aromatic carbocycles. The molecule has 0 saturated heterocycles. The summed E-state index contributed by atoms with van der Waals surface area (Å²) < 4.78 is 54.2. The van der Waals surface area contributed by atoms with Crippen molar-refractivity contribution in [3.05, 3.63) is 40.6 Å². The van der Waals surface area contributed by atoms with Crippen LogP contribution >= 0.6 is 15.9 Å². The fourth-order valence-electron chi connectivity index (χ4n) is 1.52. The van der Waals surface area contributed by atoms with Crippen molar-refractivity contribution in [3.63, 3.8) is 0 Å². The molecule has 0 unspecified atom stereocenters. The Morgan fingerprint density at radius 1 is 1.40 bits per heavy atom. The number of sulfonamides is 1. The standard InChI is InChI=1S/C11H10BrF2N3O2S/c1-2-17-6-7(5-15-17)16-20(18,19)9-4-3-8(13)10(12)11(9)14/h3-6,16H,2H2,1H3. The monoisotopic (exact) mass is 365 g/mol. The van der Waals surface area contributed by atoms with E-state index in [4.69, 9.17) is 0 Å². The SMILES string of the molecule is CCn1cc(NS(=O)(=O)c2ccc(F)c(Br)c2F)cn1. The molecule has 0 amide bonds. The predicted octanol–water partition coefficient (Wildman–Crippen LogP) is 2.74. The Morgan fingerprint density at radius 3 is 2.70 bits per heavy atom. The number of hydrogen-bond acceptors (Lipinski definition) is 3. The third-order valence-corrected chi connectivity index (χ3v) is 4.62. The lowest BCUT2D eigenvalue weighted by atomic mass is 10.3. The molecule has 0 aliphatic heterocycles. The third kappa shape index (κ3) is 2.83. The highest BCUT2D eigenvalue weighted by Crippen LogP contribution is 2.26. The number of nitrogens with zero attached hydrogens (tertiary/aromatic N) is 2. The Balaban J connectivity index is 2.38. The molecule has 0 radical (unpaired) electrons. The molecule has 5 nitrogen and oxygen atoms in total. The number of benzene rings is 1. The van der Waals surface area contributed by atoms with Gasteiger partial charge in [-0.05, 0) is 35.0 Å². The van der Waals surface area contributed by atoms with Gasteiger partial charge in [0.2, 0.25) is 0 Å². The lowest BCUT2D eigenvalue weighted by Crippen LogP contribution is -2.14. The molecule has 1 heterocycles. The number of aryl methyl sites for hydroxylation is 1. The number of aromatic nitrogens is 2. The van der Waals surface area contributed by atoms with E-state index in [-0.39, 0.29) is 5.69 Å². The van der Waals surface area contributed by atoms with E-state index in [0.717, 1.165) is 12.1 Å². The normalized spacial score (nSPS) is 11.6.